The van der Waals surface area contributed by atoms with Gasteiger partial charge in [-0.2, -0.15) is 0 Å². The van der Waals surface area contributed by atoms with Crippen LogP contribution < -0.4 is 10.6 Å². The number of halogens is 2. The topological polar surface area (TPSA) is 82.7 Å². The van der Waals surface area contributed by atoms with E-state index in [1.165, 1.54) is 0 Å². The van der Waals surface area contributed by atoms with Crippen molar-refractivity contribution in [2.45, 2.75) is 19.6 Å². The highest BCUT2D eigenvalue weighted by Gasteiger charge is 2.11. The van der Waals surface area contributed by atoms with Crippen molar-refractivity contribution in [3.63, 3.8) is 0 Å². The van der Waals surface area contributed by atoms with Crippen molar-refractivity contribution in [1.82, 2.24) is 15.6 Å². The number of benzene rings is 2. The van der Waals surface area contributed by atoms with Gasteiger partial charge in [-0.25, -0.2) is 9.98 Å². The second-order valence-corrected chi connectivity index (χ2v) is 7.18. The molecule has 3 N–H and O–H groups in total. The Labute approximate surface area is 179 Å². The summed E-state index contributed by atoms with van der Waals surface area (Å²) < 4.78 is 5.54. The SMILES string of the molecule is CCNC(=NCc1coc(-c2ccccc2)n1)NCC(O)c1cc(Cl)cc(Cl)c1. The Kier molecular flexibility index (Phi) is 7.52. The zero-order valence-corrected chi connectivity index (χ0v) is 17.4. The molecule has 0 saturated heterocycles. The number of aromatic nitrogens is 1. The van der Waals surface area contributed by atoms with Crippen molar-refractivity contribution >= 4 is 29.2 Å². The van der Waals surface area contributed by atoms with Crippen molar-refractivity contribution in [2.75, 3.05) is 13.1 Å². The molecule has 0 aliphatic heterocycles. The van der Waals surface area contributed by atoms with Gasteiger partial charge in [0, 0.05) is 28.7 Å². The van der Waals surface area contributed by atoms with Gasteiger partial charge in [-0.1, -0.05) is 41.4 Å². The summed E-state index contributed by atoms with van der Waals surface area (Å²) >= 11 is 12.0. The first kappa shape index (κ1) is 21.2. The molecule has 3 aromatic rings. The molecule has 152 valence electrons. The molecule has 0 radical (unpaired) electrons. The van der Waals surface area contributed by atoms with Gasteiger partial charge < -0.3 is 20.2 Å². The van der Waals surface area contributed by atoms with E-state index in [9.17, 15) is 5.11 Å². The third-order valence-corrected chi connectivity index (χ3v) is 4.48. The molecule has 1 heterocycles. The Hall–Kier alpha value is -2.54. The second-order valence-electron chi connectivity index (χ2n) is 6.30. The zero-order valence-electron chi connectivity index (χ0n) is 15.9. The maximum atomic E-state index is 10.4. The third-order valence-electron chi connectivity index (χ3n) is 4.05. The molecular weight excluding hydrogens is 411 g/mol. The molecule has 0 aliphatic carbocycles. The lowest BCUT2D eigenvalue weighted by atomic mass is 10.1. The zero-order chi connectivity index (χ0) is 20.6. The molecule has 0 bridgehead atoms. The Bertz CT molecular complexity index is 940. The first-order valence-electron chi connectivity index (χ1n) is 9.21. The molecule has 0 spiro atoms. The fraction of sp³-hybridized carbons (Fsp3) is 0.238. The number of aliphatic imine (C=N–C) groups is 1. The predicted molar refractivity (Wildman–Crippen MR) is 116 cm³/mol. The Morgan fingerprint density at radius 1 is 1.14 bits per heavy atom. The van der Waals surface area contributed by atoms with E-state index >= 15 is 0 Å². The van der Waals surface area contributed by atoms with Crippen molar-refractivity contribution in [3.8, 4) is 11.5 Å². The van der Waals surface area contributed by atoms with E-state index in [0.29, 0.717) is 46.2 Å². The fourth-order valence-corrected chi connectivity index (χ4v) is 3.22. The lowest BCUT2D eigenvalue weighted by molar-refractivity contribution is 0.181. The van der Waals surface area contributed by atoms with Crippen molar-refractivity contribution in [1.29, 1.82) is 0 Å². The van der Waals surface area contributed by atoms with Gasteiger partial charge in [-0.3, -0.25) is 0 Å². The molecule has 1 atom stereocenters. The lowest BCUT2D eigenvalue weighted by Crippen LogP contribution is -2.39. The summed E-state index contributed by atoms with van der Waals surface area (Å²) in [6, 6.07) is 14.7. The fourth-order valence-electron chi connectivity index (χ4n) is 2.67. The maximum absolute atomic E-state index is 10.4. The maximum Gasteiger partial charge on any atom is 0.226 e. The molecule has 6 nitrogen and oxygen atoms in total. The van der Waals surface area contributed by atoms with Gasteiger partial charge in [0.25, 0.3) is 0 Å². The van der Waals surface area contributed by atoms with E-state index < -0.39 is 6.10 Å². The Morgan fingerprint density at radius 3 is 2.55 bits per heavy atom. The summed E-state index contributed by atoms with van der Waals surface area (Å²) in [5, 5.41) is 17.6. The number of aliphatic hydroxyl groups excluding tert-OH is 1. The summed E-state index contributed by atoms with van der Waals surface area (Å²) in [4.78, 5) is 8.97. The number of rotatable bonds is 7. The molecule has 0 aliphatic rings. The van der Waals surface area contributed by atoms with Crippen LogP contribution >= 0.6 is 23.2 Å². The number of hydrogen-bond donors (Lipinski definition) is 3. The number of guanidine groups is 1. The minimum absolute atomic E-state index is 0.247. The first-order valence-corrected chi connectivity index (χ1v) is 9.97. The van der Waals surface area contributed by atoms with Gasteiger partial charge in [0.1, 0.15) is 12.0 Å². The molecule has 0 saturated carbocycles. The molecule has 2 aromatic carbocycles. The van der Waals surface area contributed by atoms with Gasteiger partial charge in [-0.05, 0) is 42.8 Å². The monoisotopic (exact) mass is 432 g/mol. The highest BCUT2D eigenvalue weighted by atomic mass is 35.5. The van der Waals surface area contributed by atoms with Crippen LogP contribution in [-0.2, 0) is 6.54 Å². The largest absolute Gasteiger partial charge is 0.444 e. The standard InChI is InChI=1S/C21H22Cl2N4O2/c1-2-24-21(26-12-19(28)15-8-16(22)10-17(23)9-15)25-11-18-13-29-20(27-18)14-6-4-3-5-7-14/h3-10,13,19,28H,2,11-12H2,1H3,(H2,24,25,26). The summed E-state index contributed by atoms with van der Waals surface area (Å²) in [6.45, 7) is 3.23. The van der Waals surface area contributed by atoms with Crippen LogP contribution in [0.5, 0.6) is 0 Å². The highest BCUT2D eigenvalue weighted by Crippen LogP contribution is 2.23. The van der Waals surface area contributed by atoms with E-state index in [0.717, 1.165) is 5.56 Å². The van der Waals surface area contributed by atoms with Gasteiger partial charge in [0.05, 0.1) is 12.6 Å². The second kappa shape index (κ2) is 10.3. The number of nitrogens with zero attached hydrogens (tertiary/aromatic N) is 2. The number of aliphatic hydroxyl groups is 1. The molecule has 8 heteroatoms. The molecule has 0 amide bonds. The van der Waals surface area contributed by atoms with Crippen LogP contribution in [0.3, 0.4) is 0 Å². The number of nitrogens with one attached hydrogen (secondary N) is 2. The van der Waals surface area contributed by atoms with Crippen LogP contribution in [0, 0.1) is 0 Å². The van der Waals surface area contributed by atoms with E-state index in [1.807, 2.05) is 37.3 Å². The molecule has 1 aromatic heterocycles. The Balaban J connectivity index is 1.62. The molecule has 3 rings (SSSR count). The van der Waals surface area contributed by atoms with E-state index in [2.05, 4.69) is 20.6 Å². The van der Waals surface area contributed by atoms with E-state index in [4.69, 9.17) is 27.6 Å². The van der Waals surface area contributed by atoms with Gasteiger partial charge in [-0.15, -0.1) is 0 Å². The number of oxazole rings is 1. The van der Waals surface area contributed by atoms with Crippen molar-refractivity contribution in [2.24, 2.45) is 4.99 Å². The summed E-state index contributed by atoms with van der Waals surface area (Å²) in [6.07, 6.45) is 0.810. The van der Waals surface area contributed by atoms with Crippen molar-refractivity contribution < 1.29 is 9.52 Å². The van der Waals surface area contributed by atoms with Gasteiger partial charge in [0.2, 0.25) is 5.89 Å². The van der Waals surface area contributed by atoms with Crippen LogP contribution in [0.4, 0.5) is 0 Å². The molecule has 1 unspecified atom stereocenters. The summed E-state index contributed by atoms with van der Waals surface area (Å²) in [7, 11) is 0. The third kappa shape index (κ3) is 6.22. The van der Waals surface area contributed by atoms with E-state index in [-0.39, 0.29) is 6.54 Å². The summed E-state index contributed by atoms with van der Waals surface area (Å²) in [5.41, 5.74) is 2.26. The number of hydrogen-bond acceptors (Lipinski definition) is 4. The van der Waals surface area contributed by atoms with Crippen LogP contribution in [0.15, 0.2) is 64.2 Å². The highest BCUT2D eigenvalue weighted by molar-refractivity contribution is 6.34. The van der Waals surface area contributed by atoms with Gasteiger partial charge >= 0.3 is 0 Å². The average molecular weight is 433 g/mol. The molecular formula is C21H22Cl2N4O2. The smallest absolute Gasteiger partial charge is 0.226 e. The summed E-state index contributed by atoms with van der Waals surface area (Å²) in [5.74, 6) is 1.12. The van der Waals surface area contributed by atoms with Crippen LogP contribution in [0.25, 0.3) is 11.5 Å². The minimum atomic E-state index is -0.785. The lowest BCUT2D eigenvalue weighted by Gasteiger charge is -2.16. The normalized spacial score (nSPS) is 12.6. The predicted octanol–water partition coefficient (Wildman–Crippen LogP) is 4.44. The van der Waals surface area contributed by atoms with Crippen LogP contribution in [-0.4, -0.2) is 29.1 Å². The molecule has 0 fully saturated rings. The average Bonchev–Trinajstić information content (AvgIpc) is 3.19. The van der Waals surface area contributed by atoms with Crippen LogP contribution in [0.1, 0.15) is 24.3 Å². The van der Waals surface area contributed by atoms with Crippen molar-refractivity contribution in [3.05, 3.63) is 76.1 Å². The van der Waals surface area contributed by atoms with Gasteiger partial charge in [0.15, 0.2) is 5.96 Å². The Morgan fingerprint density at radius 2 is 1.86 bits per heavy atom. The quantitative estimate of drug-likeness (QED) is 0.379. The molecule has 29 heavy (non-hydrogen) atoms. The van der Waals surface area contributed by atoms with E-state index in [1.54, 1.807) is 24.5 Å². The van der Waals surface area contributed by atoms with Crippen LogP contribution in [0.2, 0.25) is 10.0 Å². The minimum Gasteiger partial charge on any atom is -0.444 e. The first-order chi connectivity index (χ1) is 14.0.